The Morgan fingerprint density at radius 3 is 2.69 bits per heavy atom. The molecule has 2 heterocycles. The molecule has 3 aromatic rings. The van der Waals surface area contributed by atoms with E-state index in [1.54, 1.807) is 23.7 Å². The molecule has 1 aromatic heterocycles. The fraction of sp³-hybridized carbons (Fsp3) is 0.300. The number of rotatable bonds is 4. The number of benzene rings is 2. The standard InChI is InChI=1S/C20H21N3O3/c24-19(22-25)16-6-7-18-17(13-16)21-20(26-18)23-10-8-15(9-11-23)12-14-4-2-1-3-5-14/h1-7,13,15,25H,8-12H2,(H,22,24). The van der Waals surface area contributed by atoms with Gasteiger partial charge in [-0.25, -0.2) is 5.48 Å². The molecule has 0 unspecified atom stereocenters. The molecule has 2 aromatic carbocycles. The highest BCUT2D eigenvalue weighted by atomic mass is 16.5. The van der Waals surface area contributed by atoms with E-state index in [1.807, 2.05) is 0 Å². The number of nitrogens with one attached hydrogen (secondary N) is 1. The summed E-state index contributed by atoms with van der Waals surface area (Å²) in [4.78, 5) is 18.2. The van der Waals surface area contributed by atoms with E-state index >= 15 is 0 Å². The van der Waals surface area contributed by atoms with Gasteiger partial charge in [0, 0.05) is 18.7 Å². The monoisotopic (exact) mass is 351 g/mol. The molecule has 1 aliphatic rings. The zero-order valence-electron chi connectivity index (χ0n) is 14.4. The number of carbonyl (C=O) groups is 1. The first kappa shape index (κ1) is 16.6. The molecule has 0 radical (unpaired) electrons. The Bertz CT molecular complexity index is 899. The van der Waals surface area contributed by atoms with E-state index in [2.05, 4.69) is 40.2 Å². The molecule has 26 heavy (non-hydrogen) atoms. The number of oxazole rings is 1. The number of anilines is 1. The minimum absolute atomic E-state index is 0.349. The second-order valence-electron chi connectivity index (χ2n) is 6.74. The van der Waals surface area contributed by atoms with Crippen molar-refractivity contribution in [3.63, 3.8) is 0 Å². The van der Waals surface area contributed by atoms with Crippen LogP contribution < -0.4 is 10.4 Å². The highest BCUT2D eigenvalue weighted by Gasteiger charge is 2.23. The Hall–Kier alpha value is -2.86. The number of carbonyl (C=O) groups excluding carboxylic acids is 1. The third-order valence-corrected chi connectivity index (χ3v) is 4.99. The van der Waals surface area contributed by atoms with E-state index in [9.17, 15) is 4.79 Å². The number of hydrogen-bond acceptors (Lipinski definition) is 5. The van der Waals surface area contributed by atoms with E-state index in [0.29, 0.717) is 28.6 Å². The fourth-order valence-electron chi connectivity index (χ4n) is 3.53. The first-order valence-corrected chi connectivity index (χ1v) is 8.87. The minimum Gasteiger partial charge on any atom is -0.423 e. The molecule has 0 aliphatic carbocycles. The average Bonchev–Trinajstić information content (AvgIpc) is 3.12. The maximum Gasteiger partial charge on any atom is 0.298 e. The van der Waals surface area contributed by atoms with E-state index in [-0.39, 0.29) is 0 Å². The number of nitrogens with zero attached hydrogens (tertiary/aromatic N) is 2. The van der Waals surface area contributed by atoms with Gasteiger partial charge in [-0.1, -0.05) is 30.3 Å². The zero-order valence-corrected chi connectivity index (χ0v) is 14.4. The lowest BCUT2D eigenvalue weighted by molar-refractivity contribution is 0.0706. The fourth-order valence-corrected chi connectivity index (χ4v) is 3.53. The zero-order chi connectivity index (χ0) is 17.9. The van der Waals surface area contributed by atoms with Crippen LogP contribution in [0.5, 0.6) is 0 Å². The summed E-state index contributed by atoms with van der Waals surface area (Å²) in [5.74, 6) is 0.121. The summed E-state index contributed by atoms with van der Waals surface area (Å²) in [5.41, 5.74) is 4.63. The van der Waals surface area contributed by atoms with E-state index < -0.39 is 5.91 Å². The third-order valence-electron chi connectivity index (χ3n) is 4.99. The van der Waals surface area contributed by atoms with Crippen LogP contribution in [0.2, 0.25) is 0 Å². The lowest BCUT2D eigenvalue weighted by atomic mass is 9.90. The summed E-state index contributed by atoms with van der Waals surface area (Å²) in [6.45, 7) is 1.82. The molecule has 0 saturated carbocycles. The smallest absolute Gasteiger partial charge is 0.298 e. The molecule has 134 valence electrons. The Balaban J connectivity index is 1.43. The van der Waals surface area contributed by atoms with Crippen molar-refractivity contribution in [2.75, 3.05) is 18.0 Å². The van der Waals surface area contributed by atoms with Crippen LogP contribution in [0.15, 0.2) is 52.9 Å². The van der Waals surface area contributed by atoms with E-state index in [4.69, 9.17) is 9.62 Å². The van der Waals surface area contributed by atoms with E-state index in [0.717, 1.165) is 32.4 Å². The largest absolute Gasteiger partial charge is 0.423 e. The van der Waals surface area contributed by atoms with Crippen molar-refractivity contribution < 1.29 is 14.4 Å². The SMILES string of the molecule is O=C(NO)c1ccc2oc(N3CCC(Cc4ccccc4)CC3)nc2c1. The lowest BCUT2D eigenvalue weighted by Crippen LogP contribution is -2.34. The molecule has 0 atom stereocenters. The summed E-state index contributed by atoms with van der Waals surface area (Å²) in [5, 5.41) is 8.75. The van der Waals surface area contributed by atoms with Gasteiger partial charge in [0.1, 0.15) is 5.52 Å². The maximum atomic E-state index is 11.5. The molecule has 1 saturated heterocycles. The molecule has 1 aliphatic heterocycles. The first-order valence-electron chi connectivity index (χ1n) is 8.87. The quantitative estimate of drug-likeness (QED) is 0.556. The maximum absolute atomic E-state index is 11.5. The van der Waals surface area contributed by atoms with Gasteiger partial charge in [-0.05, 0) is 48.9 Å². The van der Waals surface area contributed by atoms with Crippen LogP contribution in [-0.4, -0.2) is 29.2 Å². The Kier molecular flexibility index (Phi) is 4.58. The number of piperidine rings is 1. The van der Waals surface area contributed by atoms with Crippen LogP contribution in [0.3, 0.4) is 0 Å². The van der Waals surface area contributed by atoms with Gasteiger partial charge in [-0.15, -0.1) is 0 Å². The average molecular weight is 351 g/mol. The predicted molar refractivity (Wildman–Crippen MR) is 98.3 cm³/mol. The normalized spacial score (nSPS) is 15.3. The van der Waals surface area contributed by atoms with Crippen molar-refractivity contribution in [1.29, 1.82) is 0 Å². The van der Waals surface area contributed by atoms with Gasteiger partial charge in [0.25, 0.3) is 11.9 Å². The summed E-state index contributed by atoms with van der Waals surface area (Å²) in [6.07, 6.45) is 3.32. The van der Waals surface area contributed by atoms with Gasteiger partial charge >= 0.3 is 0 Å². The van der Waals surface area contributed by atoms with Gasteiger partial charge in [0.2, 0.25) is 0 Å². The Morgan fingerprint density at radius 1 is 1.19 bits per heavy atom. The predicted octanol–water partition coefficient (Wildman–Crippen LogP) is 3.41. The van der Waals surface area contributed by atoms with Crippen molar-refractivity contribution in [3.05, 3.63) is 59.7 Å². The molecule has 0 spiro atoms. The van der Waals surface area contributed by atoms with Gasteiger partial charge in [-0.2, -0.15) is 4.98 Å². The number of aromatic nitrogens is 1. The topological polar surface area (TPSA) is 78.6 Å². The van der Waals surface area contributed by atoms with Crippen LogP contribution in [0.25, 0.3) is 11.1 Å². The van der Waals surface area contributed by atoms with Gasteiger partial charge in [0.15, 0.2) is 5.58 Å². The van der Waals surface area contributed by atoms with Crippen molar-refractivity contribution in [2.24, 2.45) is 5.92 Å². The Morgan fingerprint density at radius 2 is 1.96 bits per heavy atom. The first-order chi connectivity index (χ1) is 12.7. The van der Waals surface area contributed by atoms with Crippen LogP contribution in [0.4, 0.5) is 6.01 Å². The summed E-state index contributed by atoms with van der Waals surface area (Å²) in [6, 6.07) is 16.1. The van der Waals surface area contributed by atoms with Crippen molar-refractivity contribution >= 4 is 23.0 Å². The summed E-state index contributed by atoms with van der Waals surface area (Å²) in [7, 11) is 0. The number of hydroxylamine groups is 1. The summed E-state index contributed by atoms with van der Waals surface area (Å²) >= 11 is 0. The second-order valence-corrected chi connectivity index (χ2v) is 6.74. The molecule has 1 amide bonds. The van der Waals surface area contributed by atoms with E-state index in [1.165, 1.54) is 5.56 Å². The molecule has 0 bridgehead atoms. The number of amides is 1. The highest BCUT2D eigenvalue weighted by Crippen LogP contribution is 2.28. The molecule has 6 nitrogen and oxygen atoms in total. The van der Waals surface area contributed by atoms with Gasteiger partial charge < -0.3 is 9.32 Å². The van der Waals surface area contributed by atoms with Crippen molar-refractivity contribution in [3.8, 4) is 0 Å². The van der Waals surface area contributed by atoms with Crippen molar-refractivity contribution in [2.45, 2.75) is 19.3 Å². The molecule has 2 N–H and O–H groups in total. The lowest BCUT2D eigenvalue weighted by Gasteiger charge is -2.30. The molecular weight excluding hydrogens is 330 g/mol. The van der Waals surface area contributed by atoms with Crippen LogP contribution in [0.1, 0.15) is 28.8 Å². The van der Waals surface area contributed by atoms with Crippen LogP contribution in [-0.2, 0) is 6.42 Å². The molecular formula is C20H21N3O3. The second kappa shape index (κ2) is 7.17. The third kappa shape index (κ3) is 3.41. The van der Waals surface area contributed by atoms with Crippen LogP contribution in [0, 0.1) is 5.92 Å². The van der Waals surface area contributed by atoms with Gasteiger partial charge in [-0.3, -0.25) is 10.0 Å². The minimum atomic E-state index is -0.557. The van der Waals surface area contributed by atoms with Crippen molar-refractivity contribution in [1.82, 2.24) is 10.5 Å². The molecule has 4 rings (SSSR count). The Labute approximate surface area is 151 Å². The molecule has 6 heteroatoms. The number of hydrogen-bond donors (Lipinski definition) is 2. The summed E-state index contributed by atoms with van der Waals surface area (Å²) < 4.78 is 5.85. The number of fused-ring (bicyclic) bond motifs is 1. The molecule has 1 fully saturated rings. The van der Waals surface area contributed by atoms with Gasteiger partial charge in [0.05, 0.1) is 0 Å². The van der Waals surface area contributed by atoms with Crippen LogP contribution >= 0.6 is 0 Å². The highest BCUT2D eigenvalue weighted by molar-refractivity contribution is 5.96.